The topological polar surface area (TPSA) is 64.9 Å². The van der Waals surface area contributed by atoms with Gasteiger partial charge in [-0.3, -0.25) is 4.79 Å². The molecule has 4 nitrogen and oxygen atoms in total. The zero-order valence-electron chi connectivity index (χ0n) is 10.2. The normalized spacial score (nSPS) is 11.6. The van der Waals surface area contributed by atoms with Gasteiger partial charge in [0.15, 0.2) is 0 Å². The molecule has 2 N–H and O–H groups in total. The van der Waals surface area contributed by atoms with E-state index in [9.17, 15) is 4.79 Å². The minimum atomic E-state index is -0.0223. The molecule has 17 heavy (non-hydrogen) atoms. The van der Waals surface area contributed by atoms with Crippen LogP contribution in [0.4, 0.5) is 0 Å². The van der Waals surface area contributed by atoms with Crippen molar-refractivity contribution >= 4 is 5.91 Å². The highest BCUT2D eigenvalue weighted by atomic mass is 16.1. The highest BCUT2D eigenvalue weighted by Gasteiger charge is 2.04. The highest BCUT2D eigenvalue weighted by Crippen LogP contribution is 2.13. The van der Waals surface area contributed by atoms with E-state index in [1.165, 1.54) is 6.92 Å². The summed E-state index contributed by atoms with van der Waals surface area (Å²) in [6.45, 7) is 4.85. The summed E-state index contributed by atoms with van der Waals surface area (Å²) < 4.78 is 0. The lowest BCUT2D eigenvalue weighted by Gasteiger charge is -2.14. The molecule has 90 valence electrons. The molecule has 0 saturated heterocycles. The molecule has 1 aromatic carbocycles. The average molecular weight is 231 g/mol. The van der Waals surface area contributed by atoms with Crippen LogP contribution in [0, 0.1) is 11.3 Å². The van der Waals surface area contributed by atoms with Crippen LogP contribution in [0.3, 0.4) is 0 Å². The van der Waals surface area contributed by atoms with Gasteiger partial charge in [0.05, 0.1) is 11.6 Å². The number of carbonyl (C=O) groups excluding carboxylic acids is 1. The first-order chi connectivity index (χ1) is 8.13. The van der Waals surface area contributed by atoms with Gasteiger partial charge in [-0.25, -0.2) is 0 Å². The Labute approximate surface area is 102 Å². The zero-order valence-corrected chi connectivity index (χ0v) is 10.2. The van der Waals surface area contributed by atoms with Gasteiger partial charge in [0.2, 0.25) is 5.91 Å². The van der Waals surface area contributed by atoms with Gasteiger partial charge >= 0.3 is 0 Å². The lowest BCUT2D eigenvalue weighted by atomic mass is 10.1. The number of amides is 1. The first-order valence-electron chi connectivity index (χ1n) is 5.61. The number of hydrogen-bond acceptors (Lipinski definition) is 3. The van der Waals surface area contributed by atoms with Crippen LogP contribution in [0.5, 0.6) is 0 Å². The first-order valence-corrected chi connectivity index (χ1v) is 5.61. The summed E-state index contributed by atoms with van der Waals surface area (Å²) in [6, 6.07) is 9.80. The number of rotatable bonds is 5. The second kappa shape index (κ2) is 6.66. The monoisotopic (exact) mass is 231 g/mol. The van der Waals surface area contributed by atoms with Crippen molar-refractivity contribution in [3.8, 4) is 6.07 Å². The molecule has 0 aliphatic carbocycles. The van der Waals surface area contributed by atoms with Crippen molar-refractivity contribution in [3.05, 3.63) is 35.4 Å². The van der Waals surface area contributed by atoms with Crippen LogP contribution in [0.2, 0.25) is 0 Å². The van der Waals surface area contributed by atoms with Crippen LogP contribution in [0.25, 0.3) is 0 Å². The van der Waals surface area contributed by atoms with E-state index in [0.29, 0.717) is 18.7 Å². The molecule has 0 aliphatic heterocycles. The summed E-state index contributed by atoms with van der Waals surface area (Å²) in [5.74, 6) is -0.0223. The molecule has 0 aromatic heterocycles. The number of hydrogen-bond donors (Lipinski definition) is 2. The minimum absolute atomic E-state index is 0.0223. The smallest absolute Gasteiger partial charge is 0.216 e. The minimum Gasteiger partial charge on any atom is -0.355 e. The second-order valence-corrected chi connectivity index (χ2v) is 3.90. The lowest BCUT2D eigenvalue weighted by Crippen LogP contribution is -2.31. The molecule has 0 heterocycles. The van der Waals surface area contributed by atoms with E-state index in [0.717, 1.165) is 5.56 Å². The van der Waals surface area contributed by atoms with E-state index in [-0.39, 0.29) is 11.9 Å². The maximum absolute atomic E-state index is 10.7. The van der Waals surface area contributed by atoms with E-state index >= 15 is 0 Å². The van der Waals surface area contributed by atoms with Gasteiger partial charge in [-0.1, -0.05) is 12.1 Å². The fourth-order valence-electron chi connectivity index (χ4n) is 1.52. The molecule has 0 saturated carbocycles. The van der Waals surface area contributed by atoms with Gasteiger partial charge in [-0.2, -0.15) is 5.26 Å². The van der Waals surface area contributed by atoms with Gasteiger partial charge in [0, 0.05) is 26.1 Å². The van der Waals surface area contributed by atoms with Crippen molar-refractivity contribution in [2.75, 3.05) is 13.1 Å². The average Bonchev–Trinajstić information content (AvgIpc) is 2.34. The van der Waals surface area contributed by atoms with Gasteiger partial charge < -0.3 is 10.6 Å². The van der Waals surface area contributed by atoms with Crippen LogP contribution < -0.4 is 10.6 Å². The first kappa shape index (κ1) is 13.2. The third kappa shape index (κ3) is 4.66. The van der Waals surface area contributed by atoms with E-state index in [1.54, 1.807) is 6.07 Å². The maximum atomic E-state index is 10.7. The van der Waals surface area contributed by atoms with Gasteiger partial charge in [-0.05, 0) is 24.6 Å². The van der Waals surface area contributed by atoms with Crippen LogP contribution in [0.15, 0.2) is 24.3 Å². The van der Waals surface area contributed by atoms with E-state index in [1.807, 2.05) is 25.1 Å². The Morgan fingerprint density at radius 1 is 1.47 bits per heavy atom. The number of carbonyl (C=O) groups is 1. The van der Waals surface area contributed by atoms with Crippen LogP contribution in [-0.2, 0) is 4.79 Å². The Morgan fingerprint density at radius 3 is 2.88 bits per heavy atom. The summed E-state index contributed by atoms with van der Waals surface area (Å²) in [6.07, 6.45) is 0. The van der Waals surface area contributed by atoms with Crippen molar-refractivity contribution in [3.63, 3.8) is 0 Å². The summed E-state index contributed by atoms with van der Waals surface area (Å²) >= 11 is 0. The molecular formula is C13H17N3O. The number of benzene rings is 1. The van der Waals surface area contributed by atoms with Crippen molar-refractivity contribution in [1.82, 2.24) is 10.6 Å². The Hall–Kier alpha value is -1.86. The predicted octanol–water partition coefficient (Wildman–Crippen LogP) is 1.34. The number of nitrogens with one attached hydrogen (secondary N) is 2. The molecule has 4 heteroatoms. The van der Waals surface area contributed by atoms with Crippen molar-refractivity contribution < 1.29 is 4.79 Å². The molecule has 1 atom stereocenters. The quantitative estimate of drug-likeness (QED) is 0.752. The molecule has 0 spiro atoms. The van der Waals surface area contributed by atoms with E-state index in [4.69, 9.17) is 5.26 Å². The Kier molecular flexibility index (Phi) is 5.18. The van der Waals surface area contributed by atoms with Crippen LogP contribution in [-0.4, -0.2) is 19.0 Å². The Morgan fingerprint density at radius 2 is 2.24 bits per heavy atom. The summed E-state index contributed by atoms with van der Waals surface area (Å²) in [5.41, 5.74) is 1.74. The fraction of sp³-hybridized carbons (Fsp3) is 0.385. The molecule has 0 fully saturated rings. The molecule has 1 amide bonds. The molecule has 1 unspecified atom stereocenters. The number of nitrogens with zero attached hydrogens (tertiary/aromatic N) is 1. The molecular weight excluding hydrogens is 214 g/mol. The largest absolute Gasteiger partial charge is 0.355 e. The highest BCUT2D eigenvalue weighted by molar-refractivity contribution is 5.72. The van der Waals surface area contributed by atoms with E-state index < -0.39 is 0 Å². The Balaban J connectivity index is 2.44. The lowest BCUT2D eigenvalue weighted by molar-refractivity contribution is -0.118. The maximum Gasteiger partial charge on any atom is 0.216 e. The Bertz CT molecular complexity index is 423. The molecule has 1 aromatic rings. The van der Waals surface area contributed by atoms with Gasteiger partial charge in [0.1, 0.15) is 0 Å². The molecule has 0 radical (unpaired) electrons. The van der Waals surface area contributed by atoms with Crippen molar-refractivity contribution in [1.29, 1.82) is 5.26 Å². The second-order valence-electron chi connectivity index (χ2n) is 3.90. The number of nitriles is 1. The summed E-state index contributed by atoms with van der Waals surface area (Å²) in [4.78, 5) is 10.7. The van der Waals surface area contributed by atoms with E-state index in [2.05, 4.69) is 16.7 Å². The van der Waals surface area contributed by atoms with Crippen molar-refractivity contribution in [2.45, 2.75) is 19.9 Å². The van der Waals surface area contributed by atoms with Crippen molar-refractivity contribution in [2.24, 2.45) is 0 Å². The molecule has 0 bridgehead atoms. The third-order valence-electron chi connectivity index (χ3n) is 2.47. The SMILES string of the molecule is CC(=O)NCCNC(C)c1cccc(C#N)c1. The molecule has 1 rings (SSSR count). The summed E-state index contributed by atoms with van der Waals surface area (Å²) in [5, 5.41) is 14.8. The van der Waals surface area contributed by atoms with Gasteiger partial charge in [-0.15, -0.1) is 0 Å². The fourth-order valence-corrected chi connectivity index (χ4v) is 1.52. The van der Waals surface area contributed by atoms with Crippen LogP contribution >= 0.6 is 0 Å². The zero-order chi connectivity index (χ0) is 12.7. The molecule has 0 aliphatic rings. The standard InChI is InChI=1S/C13H17N3O/c1-10(15-6-7-16-11(2)17)13-5-3-4-12(8-13)9-14/h3-5,8,10,15H,6-7H2,1-2H3,(H,16,17). The third-order valence-corrected chi connectivity index (χ3v) is 2.47. The van der Waals surface area contributed by atoms with Crippen LogP contribution in [0.1, 0.15) is 31.0 Å². The predicted molar refractivity (Wildman–Crippen MR) is 66.3 cm³/mol. The van der Waals surface area contributed by atoms with Gasteiger partial charge in [0.25, 0.3) is 0 Å². The summed E-state index contributed by atoms with van der Waals surface area (Å²) in [7, 11) is 0.